The molecular formula is C10H18N2O11P2. The van der Waals surface area contributed by atoms with Crippen LogP contribution in [0.15, 0.2) is 0 Å². The highest BCUT2D eigenvalue weighted by molar-refractivity contribution is 7.60. The van der Waals surface area contributed by atoms with Gasteiger partial charge >= 0.3 is 21.7 Å². The third kappa shape index (κ3) is 5.55. The molecule has 0 radical (unpaired) electrons. The number of nitrogens with one attached hydrogen (secondary N) is 1. The van der Waals surface area contributed by atoms with E-state index in [1.807, 2.05) is 0 Å². The molecule has 0 spiro atoms. The predicted molar refractivity (Wildman–Crippen MR) is 77.6 cm³/mol. The molecule has 2 unspecified atom stereocenters. The second kappa shape index (κ2) is 7.39. The van der Waals surface area contributed by atoms with E-state index in [2.05, 4.69) is 14.2 Å². The van der Waals surface area contributed by atoms with Gasteiger partial charge in [0.2, 0.25) is 5.91 Å². The number of carbonyl (C=O) groups excluding carboxylic acids is 2. The van der Waals surface area contributed by atoms with Crippen molar-refractivity contribution in [3.05, 3.63) is 0 Å². The van der Waals surface area contributed by atoms with Crippen molar-refractivity contribution in [1.29, 1.82) is 0 Å². The van der Waals surface area contributed by atoms with Crippen molar-refractivity contribution in [3.63, 3.8) is 0 Å². The fraction of sp³-hybridized carbons (Fsp3) is 0.800. The lowest BCUT2D eigenvalue weighted by Gasteiger charge is -2.34. The van der Waals surface area contributed by atoms with Crippen LogP contribution in [0.3, 0.4) is 0 Å². The Bertz CT molecular complexity index is 636. The first-order valence-corrected chi connectivity index (χ1v) is 10.1. The maximum atomic E-state index is 11.8. The van der Waals surface area contributed by atoms with Crippen molar-refractivity contribution in [2.45, 2.75) is 31.8 Å². The number of hydrogen-bond donors (Lipinski definition) is 5. The second-order valence-corrected chi connectivity index (χ2v) is 8.45. The minimum Gasteiger partial charge on any atom is -0.390 e. The van der Waals surface area contributed by atoms with Crippen molar-refractivity contribution in [3.8, 4) is 0 Å². The number of urea groups is 1. The van der Waals surface area contributed by atoms with Crippen LogP contribution in [0, 0.1) is 5.92 Å². The van der Waals surface area contributed by atoms with Crippen LogP contribution >= 0.6 is 15.6 Å². The number of amides is 3. The second-order valence-electron chi connectivity index (χ2n) is 5.62. The van der Waals surface area contributed by atoms with Gasteiger partial charge in [0.25, 0.3) is 0 Å². The van der Waals surface area contributed by atoms with Crippen molar-refractivity contribution < 1.29 is 52.1 Å². The molecule has 0 aromatic carbocycles. The Balaban J connectivity index is 1.93. The van der Waals surface area contributed by atoms with E-state index >= 15 is 0 Å². The first-order valence-electron chi connectivity index (χ1n) is 7.07. The van der Waals surface area contributed by atoms with Crippen molar-refractivity contribution in [2.75, 3.05) is 13.2 Å². The van der Waals surface area contributed by atoms with Crippen LogP contribution in [0.5, 0.6) is 0 Å². The Labute approximate surface area is 141 Å². The van der Waals surface area contributed by atoms with Gasteiger partial charge < -0.3 is 24.5 Å². The molecule has 2 aliphatic heterocycles. The molecule has 2 fully saturated rings. The maximum Gasteiger partial charge on any atom is 0.481 e. The molecule has 0 aliphatic carbocycles. The molecule has 2 heterocycles. The number of aliphatic hydroxyl groups excluding tert-OH is 1. The minimum absolute atomic E-state index is 0.0442. The van der Waals surface area contributed by atoms with Gasteiger partial charge in [0.05, 0.1) is 18.6 Å². The molecule has 3 amide bonds. The summed E-state index contributed by atoms with van der Waals surface area (Å²) in [4.78, 5) is 50.6. The molecule has 0 aromatic heterocycles. The standard InChI is InChI=1S/C10H18N2O11P2/c1-5-3-12(10(15)11-9(5)14)8-2-6(13)7(22-8)4-21-25(19,20)23-24(16,17)18/h5-8,13H,2-4H2,1H3,(H,19,20)(H,11,14,15)(H2,16,17,18)/t5?,6-,7+,8+/m0/s1. The van der Waals surface area contributed by atoms with E-state index in [1.54, 1.807) is 6.92 Å². The monoisotopic (exact) mass is 404 g/mol. The van der Waals surface area contributed by atoms with E-state index in [0.29, 0.717) is 0 Å². The number of phosphoric ester groups is 1. The summed E-state index contributed by atoms with van der Waals surface area (Å²) in [5, 5.41) is 12.1. The van der Waals surface area contributed by atoms with E-state index in [0.717, 1.165) is 0 Å². The van der Waals surface area contributed by atoms with Gasteiger partial charge in [-0.15, -0.1) is 0 Å². The molecule has 0 aromatic rings. The van der Waals surface area contributed by atoms with Crippen LogP contribution in [-0.2, 0) is 27.5 Å². The fourth-order valence-electron chi connectivity index (χ4n) is 2.39. The van der Waals surface area contributed by atoms with E-state index in [1.165, 1.54) is 4.90 Å². The summed E-state index contributed by atoms with van der Waals surface area (Å²) in [7, 11) is -10.3. The van der Waals surface area contributed by atoms with Crippen molar-refractivity contribution >= 4 is 27.6 Å². The largest absolute Gasteiger partial charge is 0.481 e. The highest BCUT2D eigenvalue weighted by Crippen LogP contribution is 2.57. The Morgan fingerprint density at radius 3 is 2.56 bits per heavy atom. The summed E-state index contributed by atoms with van der Waals surface area (Å²) in [6.45, 7) is 0.951. The average Bonchev–Trinajstić information content (AvgIpc) is 2.79. The molecule has 0 bridgehead atoms. The quantitative estimate of drug-likeness (QED) is 0.337. The SMILES string of the molecule is CC1CN([C@H]2C[C@H](O)[C@@H](COP(=O)(O)OP(=O)(O)O)O2)C(=O)NC1=O. The molecule has 13 nitrogen and oxygen atoms in total. The molecule has 25 heavy (non-hydrogen) atoms. The lowest BCUT2D eigenvalue weighted by molar-refractivity contribution is -0.128. The number of aliphatic hydroxyl groups is 1. The first-order chi connectivity index (χ1) is 11.4. The molecule has 2 saturated heterocycles. The number of nitrogens with zero attached hydrogens (tertiary/aromatic N) is 1. The summed E-state index contributed by atoms with van der Waals surface area (Å²) in [6, 6.07) is -0.695. The smallest absolute Gasteiger partial charge is 0.390 e. The molecule has 2 rings (SSSR count). The number of imide groups is 1. The highest BCUT2D eigenvalue weighted by atomic mass is 31.3. The van der Waals surface area contributed by atoms with Gasteiger partial charge in [-0.3, -0.25) is 19.5 Å². The van der Waals surface area contributed by atoms with Crippen molar-refractivity contribution in [1.82, 2.24) is 10.2 Å². The Morgan fingerprint density at radius 2 is 1.96 bits per heavy atom. The van der Waals surface area contributed by atoms with Crippen LogP contribution in [-0.4, -0.2) is 68.2 Å². The maximum absolute atomic E-state index is 11.8. The molecule has 5 N–H and O–H groups in total. The average molecular weight is 404 g/mol. The van der Waals surface area contributed by atoms with Gasteiger partial charge in [-0.1, -0.05) is 6.92 Å². The Kier molecular flexibility index (Phi) is 6.04. The Hall–Kier alpha value is -0.880. The molecule has 144 valence electrons. The van der Waals surface area contributed by atoms with E-state index < -0.39 is 58.5 Å². The van der Waals surface area contributed by atoms with E-state index in [-0.39, 0.29) is 13.0 Å². The summed E-state index contributed by atoms with van der Waals surface area (Å²) in [5.74, 6) is -0.918. The van der Waals surface area contributed by atoms with Gasteiger partial charge in [0.15, 0.2) is 0 Å². The third-order valence-electron chi connectivity index (χ3n) is 3.57. The lowest BCUT2D eigenvalue weighted by Crippen LogP contribution is -2.57. The molecule has 2 aliphatic rings. The molecule has 5 atom stereocenters. The van der Waals surface area contributed by atoms with Gasteiger partial charge in [-0.2, -0.15) is 4.31 Å². The van der Waals surface area contributed by atoms with Crippen LogP contribution < -0.4 is 5.32 Å². The normalized spacial score (nSPS) is 33.2. The molecule has 0 saturated carbocycles. The topological polar surface area (TPSA) is 192 Å². The lowest BCUT2D eigenvalue weighted by atomic mass is 10.1. The number of rotatable bonds is 6. The zero-order valence-corrected chi connectivity index (χ0v) is 14.7. The number of carbonyl (C=O) groups is 2. The van der Waals surface area contributed by atoms with Crippen LogP contribution in [0.1, 0.15) is 13.3 Å². The fourth-order valence-corrected chi connectivity index (χ4v) is 3.99. The minimum atomic E-state index is -5.25. The third-order valence-corrected chi connectivity index (χ3v) is 5.72. The number of ether oxygens (including phenoxy) is 1. The first kappa shape index (κ1) is 20.4. The van der Waals surface area contributed by atoms with Crippen LogP contribution in [0.4, 0.5) is 4.79 Å². The van der Waals surface area contributed by atoms with Crippen LogP contribution in [0.25, 0.3) is 0 Å². The summed E-state index contributed by atoms with van der Waals surface area (Å²) in [6.07, 6.45) is -3.27. The predicted octanol–water partition coefficient (Wildman–Crippen LogP) is -1.12. The van der Waals surface area contributed by atoms with Gasteiger partial charge in [-0.05, 0) is 0 Å². The van der Waals surface area contributed by atoms with Gasteiger partial charge in [0.1, 0.15) is 12.3 Å². The van der Waals surface area contributed by atoms with E-state index in [4.69, 9.17) is 14.5 Å². The zero-order chi connectivity index (χ0) is 19.0. The molecular weight excluding hydrogens is 386 g/mol. The summed E-state index contributed by atoms with van der Waals surface area (Å²) in [5.41, 5.74) is 0. The van der Waals surface area contributed by atoms with Gasteiger partial charge in [0, 0.05) is 13.0 Å². The summed E-state index contributed by atoms with van der Waals surface area (Å²) < 4.78 is 35.3. The van der Waals surface area contributed by atoms with Crippen LogP contribution in [0.2, 0.25) is 0 Å². The number of phosphoric acid groups is 2. The van der Waals surface area contributed by atoms with E-state index in [9.17, 15) is 28.7 Å². The van der Waals surface area contributed by atoms with Crippen molar-refractivity contribution in [2.24, 2.45) is 5.92 Å². The summed E-state index contributed by atoms with van der Waals surface area (Å²) >= 11 is 0. The Morgan fingerprint density at radius 1 is 1.32 bits per heavy atom. The zero-order valence-electron chi connectivity index (χ0n) is 12.9. The van der Waals surface area contributed by atoms with Gasteiger partial charge in [-0.25, -0.2) is 13.9 Å². The number of hydrogen-bond acceptors (Lipinski definition) is 8. The highest BCUT2D eigenvalue weighted by Gasteiger charge is 2.43. The molecule has 15 heteroatoms.